The van der Waals surface area contributed by atoms with Gasteiger partial charge in [0.1, 0.15) is 0 Å². The van der Waals surface area contributed by atoms with Gasteiger partial charge in [-0.15, -0.1) is 0 Å². The second kappa shape index (κ2) is 5.50. The molecule has 0 saturated carbocycles. The fraction of sp³-hybridized carbons (Fsp3) is 0.909. The van der Waals surface area contributed by atoms with Crippen LogP contribution in [0, 0.1) is 5.92 Å². The summed E-state index contributed by atoms with van der Waals surface area (Å²) in [6, 6.07) is 0. The van der Waals surface area contributed by atoms with E-state index >= 15 is 0 Å². The summed E-state index contributed by atoms with van der Waals surface area (Å²) in [5.41, 5.74) is 0. The van der Waals surface area contributed by atoms with Gasteiger partial charge in [-0.2, -0.15) is 0 Å². The minimum Gasteiger partial charge on any atom is -0.450 e. The average Bonchev–Trinajstić information content (AvgIpc) is 2.25. The molecule has 16 heavy (non-hydrogen) atoms. The molecule has 0 aromatic heterocycles. The van der Waals surface area contributed by atoms with Crippen LogP contribution in [0.3, 0.4) is 0 Å². The molecule has 0 aliphatic carbocycles. The Kier molecular flexibility index (Phi) is 4.01. The zero-order chi connectivity index (χ0) is 11.4. The summed E-state index contributed by atoms with van der Waals surface area (Å²) in [5, 5.41) is 3.28. The van der Waals surface area contributed by atoms with Crippen LogP contribution < -0.4 is 5.32 Å². The molecule has 0 radical (unpaired) electrons. The van der Waals surface area contributed by atoms with E-state index in [9.17, 15) is 4.79 Å². The summed E-state index contributed by atoms with van der Waals surface area (Å²) in [5.74, 6) is 0.814. The minimum absolute atomic E-state index is 0.160. The molecule has 0 aromatic carbocycles. The molecule has 0 atom stereocenters. The van der Waals surface area contributed by atoms with Crippen LogP contribution in [0.5, 0.6) is 0 Å². The second-order valence-corrected chi connectivity index (χ2v) is 4.51. The first-order chi connectivity index (χ1) is 7.79. The summed E-state index contributed by atoms with van der Waals surface area (Å²) in [6.07, 6.45) is -0.160. The Labute approximate surface area is 96.7 Å². The van der Waals surface area contributed by atoms with Crippen LogP contribution in [0.1, 0.15) is 6.92 Å². The Morgan fingerprint density at radius 2 is 2.00 bits per heavy atom. The van der Waals surface area contributed by atoms with Crippen LogP contribution in [-0.2, 0) is 4.74 Å². The number of hydrogen-bond donors (Lipinski definition) is 1. The molecule has 0 aromatic rings. The molecule has 0 unspecified atom stereocenters. The monoisotopic (exact) mass is 227 g/mol. The van der Waals surface area contributed by atoms with Crippen molar-refractivity contribution >= 4 is 6.09 Å². The maximum absolute atomic E-state index is 11.5. The number of carbonyl (C=O) groups is 1. The number of piperazine rings is 1. The molecule has 5 nitrogen and oxygen atoms in total. The summed E-state index contributed by atoms with van der Waals surface area (Å²) >= 11 is 0. The van der Waals surface area contributed by atoms with Crippen molar-refractivity contribution in [2.75, 3.05) is 52.4 Å². The van der Waals surface area contributed by atoms with E-state index in [0.29, 0.717) is 6.61 Å². The molecule has 2 rings (SSSR count). The molecule has 92 valence electrons. The normalized spacial score (nSPS) is 22.9. The van der Waals surface area contributed by atoms with E-state index in [1.807, 2.05) is 6.92 Å². The molecular formula is C11H21N3O2. The molecule has 0 spiro atoms. The van der Waals surface area contributed by atoms with Crippen molar-refractivity contribution in [1.29, 1.82) is 0 Å². The van der Waals surface area contributed by atoms with Gasteiger partial charge in [-0.05, 0) is 12.8 Å². The van der Waals surface area contributed by atoms with E-state index in [0.717, 1.165) is 45.2 Å². The standard InChI is InChI=1S/C11H21N3O2/c1-2-16-11(15)14-5-3-13(4-6-14)9-10-7-12-8-10/h10,12H,2-9H2,1H3. The van der Waals surface area contributed by atoms with Crippen LogP contribution in [-0.4, -0.2) is 68.3 Å². The Hall–Kier alpha value is -0.810. The van der Waals surface area contributed by atoms with E-state index in [-0.39, 0.29) is 6.09 Å². The van der Waals surface area contributed by atoms with Crippen LogP contribution in [0.4, 0.5) is 4.79 Å². The van der Waals surface area contributed by atoms with E-state index in [4.69, 9.17) is 4.74 Å². The number of amides is 1. The van der Waals surface area contributed by atoms with E-state index in [2.05, 4.69) is 10.2 Å². The summed E-state index contributed by atoms with van der Waals surface area (Å²) in [7, 11) is 0. The molecule has 2 aliphatic rings. The van der Waals surface area contributed by atoms with Crippen LogP contribution in [0.25, 0.3) is 0 Å². The summed E-state index contributed by atoms with van der Waals surface area (Å²) in [4.78, 5) is 15.7. The van der Waals surface area contributed by atoms with Crippen molar-refractivity contribution in [3.63, 3.8) is 0 Å². The lowest BCUT2D eigenvalue weighted by Gasteiger charge is -2.38. The first-order valence-electron chi connectivity index (χ1n) is 6.14. The number of carbonyl (C=O) groups excluding carboxylic acids is 1. The molecular weight excluding hydrogens is 206 g/mol. The van der Waals surface area contributed by atoms with E-state index < -0.39 is 0 Å². The lowest BCUT2D eigenvalue weighted by molar-refractivity contribution is 0.0718. The number of ether oxygens (including phenoxy) is 1. The first-order valence-corrected chi connectivity index (χ1v) is 6.14. The van der Waals surface area contributed by atoms with Crippen molar-refractivity contribution in [2.45, 2.75) is 6.92 Å². The SMILES string of the molecule is CCOC(=O)N1CCN(CC2CNC2)CC1. The van der Waals surface area contributed by atoms with Crippen molar-refractivity contribution in [3.8, 4) is 0 Å². The fourth-order valence-electron chi connectivity index (χ4n) is 2.17. The third kappa shape index (κ3) is 2.86. The van der Waals surface area contributed by atoms with Crippen LogP contribution in [0.15, 0.2) is 0 Å². The Bertz CT molecular complexity index is 235. The Morgan fingerprint density at radius 1 is 1.31 bits per heavy atom. The highest BCUT2D eigenvalue weighted by atomic mass is 16.6. The molecule has 2 heterocycles. The maximum atomic E-state index is 11.5. The van der Waals surface area contributed by atoms with Gasteiger partial charge in [0.25, 0.3) is 0 Å². The Balaban J connectivity index is 1.67. The molecule has 5 heteroatoms. The van der Waals surface area contributed by atoms with E-state index in [1.165, 1.54) is 6.54 Å². The fourth-order valence-corrected chi connectivity index (χ4v) is 2.17. The van der Waals surface area contributed by atoms with Gasteiger partial charge in [-0.25, -0.2) is 4.79 Å². The van der Waals surface area contributed by atoms with Gasteiger partial charge < -0.3 is 15.0 Å². The van der Waals surface area contributed by atoms with Crippen molar-refractivity contribution < 1.29 is 9.53 Å². The Morgan fingerprint density at radius 3 is 2.50 bits per heavy atom. The van der Waals surface area contributed by atoms with Gasteiger partial charge in [-0.1, -0.05) is 0 Å². The lowest BCUT2D eigenvalue weighted by Crippen LogP contribution is -2.54. The largest absolute Gasteiger partial charge is 0.450 e. The highest BCUT2D eigenvalue weighted by molar-refractivity contribution is 5.67. The van der Waals surface area contributed by atoms with Crippen molar-refractivity contribution in [2.24, 2.45) is 5.92 Å². The van der Waals surface area contributed by atoms with Crippen molar-refractivity contribution in [3.05, 3.63) is 0 Å². The highest BCUT2D eigenvalue weighted by Crippen LogP contribution is 2.09. The molecule has 2 aliphatic heterocycles. The van der Waals surface area contributed by atoms with E-state index in [1.54, 1.807) is 4.90 Å². The predicted molar refractivity (Wildman–Crippen MR) is 61.4 cm³/mol. The first kappa shape index (κ1) is 11.7. The zero-order valence-electron chi connectivity index (χ0n) is 9.95. The molecule has 1 N–H and O–H groups in total. The smallest absolute Gasteiger partial charge is 0.409 e. The van der Waals surface area contributed by atoms with Crippen LogP contribution in [0.2, 0.25) is 0 Å². The lowest BCUT2D eigenvalue weighted by atomic mass is 10.0. The molecule has 2 fully saturated rings. The maximum Gasteiger partial charge on any atom is 0.409 e. The van der Waals surface area contributed by atoms with Gasteiger partial charge in [0.15, 0.2) is 0 Å². The predicted octanol–water partition coefficient (Wildman–Crippen LogP) is -0.0201. The zero-order valence-corrected chi connectivity index (χ0v) is 9.95. The molecule has 2 saturated heterocycles. The third-order valence-electron chi connectivity index (χ3n) is 3.28. The molecule has 1 amide bonds. The number of hydrogen-bond acceptors (Lipinski definition) is 4. The van der Waals surface area contributed by atoms with Crippen LogP contribution >= 0.6 is 0 Å². The number of nitrogens with one attached hydrogen (secondary N) is 1. The van der Waals surface area contributed by atoms with Gasteiger partial charge in [0.2, 0.25) is 0 Å². The minimum atomic E-state index is -0.160. The summed E-state index contributed by atoms with van der Waals surface area (Å²) in [6.45, 7) is 9.35. The van der Waals surface area contributed by atoms with Gasteiger partial charge in [0.05, 0.1) is 6.61 Å². The van der Waals surface area contributed by atoms with Gasteiger partial charge in [0, 0.05) is 45.8 Å². The third-order valence-corrected chi connectivity index (χ3v) is 3.28. The number of rotatable bonds is 3. The van der Waals surface area contributed by atoms with Gasteiger partial charge in [-0.3, -0.25) is 4.90 Å². The summed E-state index contributed by atoms with van der Waals surface area (Å²) < 4.78 is 4.99. The second-order valence-electron chi connectivity index (χ2n) is 4.51. The molecule has 0 bridgehead atoms. The number of nitrogens with zero attached hydrogens (tertiary/aromatic N) is 2. The topological polar surface area (TPSA) is 44.8 Å². The quantitative estimate of drug-likeness (QED) is 0.736. The highest BCUT2D eigenvalue weighted by Gasteiger charge is 2.25. The van der Waals surface area contributed by atoms with Gasteiger partial charge >= 0.3 is 6.09 Å². The average molecular weight is 227 g/mol. The van der Waals surface area contributed by atoms with Crippen molar-refractivity contribution in [1.82, 2.24) is 15.1 Å².